The molecule has 0 bridgehead atoms. The van der Waals surface area contributed by atoms with Crippen LogP contribution in [-0.2, 0) is 15.4 Å². The van der Waals surface area contributed by atoms with Gasteiger partial charge in [0, 0.05) is 19.2 Å². The Bertz CT molecular complexity index is 1030. The van der Waals surface area contributed by atoms with Crippen molar-refractivity contribution >= 4 is 27.2 Å². The minimum Gasteiger partial charge on any atom is -0.371 e. The highest BCUT2D eigenvalue weighted by Crippen LogP contribution is 2.43. The lowest BCUT2D eigenvalue weighted by atomic mass is 9.90. The molecule has 2 aromatic rings. The van der Waals surface area contributed by atoms with E-state index in [0.717, 1.165) is 24.7 Å². The van der Waals surface area contributed by atoms with Gasteiger partial charge < -0.3 is 10.2 Å². The molecular formula is C19H26FN5O2S. The molecule has 1 aliphatic heterocycles. The minimum atomic E-state index is -4.01. The molecule has 152 valence electrons. The van der Waals surface area contributed by atoms with Crippen LogP contribution < -0.4 is 5.32 Å². The van der Waals surface area contributed by atoms with Crippen molar-refractivity contribution < 1.29 is 12.8 Å². The van der Waals surface area contributed by atoms with Crippen LogP contribution in [0.15, 0.2) is 39.0 Å². The van der Waals surface area contributed by atoms with Gasteiger partial charge in [0.1, 0.15) is 5.82 Å². The van der Waals surface area contributed by atoms with E-state index in [2.05, 4.69) is 27.2 Å². The Morgan fingerprint density at radius 2 is 2.07 bits per heavy atom. The van der Waals surface area contributed by atoms with Gasteiger partial charge in [-0.3, -0.25) is 0 Å². The summed E-state index contributed by atoms with van der Waals surface area (Å²) in [6.07, 6.45) is 1.46. The highest BCUT2D eigenvalue weighted by atomic mass is 32.2. The average Bonchev–Trinajstić information content (AvgIpc) is 3.00. The zero-order valence-electron chi connectivity index (χ0n) is 16.8. The molecule has 28 heavy (non-hydrogen) atoms. The second-order valence-corrected chi connectivity index (χ2v) is 9.58. The summed E-state index contributed by atoms with van der Waals surface area (Å²) in [6.45, 7) is 4.77. The Balaban J connectivity index is 2.22. The smallest absolute Gasteiger partial charge is 0.214 e. The van der Waals surface area contributed by atoms with E-state index in [4.69, 9.17) is 0 Å². The molecule has 0 saturated heterocycles. The largest absolute Gasteiger partial charge is 0.371 e. The van der Waals surface area contributed by atoms with Crippen molar-refractivity contribution in [2.75, 3.05) is 33.0 Å². The van der Waals surface area contributed by atoms with Crippen molar-refractivity contribution in [1.29, 1.82) is 0 Å². The third-order valence-electron chi connectivity index (χ3n) is 4.97. The van der Waals surface area contributed by atoms with E-state index < -0.39 is 21.2 Å². The first-order valence-corrected chi connectivity index (χ1v) is 10.6. The summed E-state index contributed by atoms with van der Waals surface area (Å²) in [7, 11) is 1.60. The van der Waals surface area contributed by atoms with E-state index in [9.17, 15) is 12.8 Å². The average molecular weight is 408 g/mol. The van der Waals surface area contributed by atoms with Crippen molar-refractivity contribution in [3.8, 4) is 0 Å². The van der Waals surface area contributed by atoms with Crippen LogP contribution in [0.2, 0.25) is 0 Å². The second kappa shape index (κ2) is 7.29. The fourth-order valence-electron chi connectivity index (χ4n) is 3.54. The van der Waals surface area contributed by atoms with Crippen molar-refractivity contribution in [3.63, 3.8) is 0 Å². The predicted octanol–water partition coefficient (Wildman–Crippen LogP) is 3.06. The molecule has 2 heterocycles. The fourth-order valence-corrected chi connectivity index (χ4v) is 5.07. The molecule has 0 amide bonds. The summed E-state index contributed by atoms with van der Waals surface area (Å²) < 4.78 is 42.1. The third-order valence-corrected chi connectivity index (χ3v) is 6.76. The van der Waals surface area contributed by atoms with Gasteiger partial charge in [-0.25, -0.2) is 22.5 Å². The van der Waals surface area contributed by atoms with Gasteiger partial charge in [0.25, 0.3) is 0 Å². The maximum Gasteiger partial charge on any atom is 0.214 e. The molecule has 0 radical (unpaired) electrons. The standard InChI is InChI=1S/C19H26FN5O2S/c1-13-12-19(2,9-10-24(4)5)25-18(22-13)16(17(21-3)23-25)28(26,27)15-8-6-7-14(20)11-15/h6-8,11H,9-10,12H2,1-5H3,(H,21,23). The summed E-state index contributed by atoms with van der Waals surface area (Å²) in [5, 5.41) is 7.43. The van der Waals surface area contributed by atoms with Gasteiger partial charge in [-0.1, -0.05) is 6.07 Å². The molecule has 3 rings (SSSR count). The molecule has 1 aromatic carbocycles. The Labute approximate surface area is 165 Å². The Kier molecular flexibility index (Phi) is 5.33. The van der Waals surface area contributed by atoms with E-state index >= 15 is 0 Å². The Hall–Kier alpha value is -2.26. The second-order valence-electron chi connectivity index (χ2n) is 7.70. The van der Waals surface area contributed by atoms with Crippen LogP contribution in [0.5, 0.6) is 0 Å². The van der Waals surface area contributed by atoms with E-state index in [1.165, 1.54) is 18.2 Å². The lowest BCUT2D eigenvalue weighted by molar-refractivity contribution is 0.236. The first-order valence-electron chi connectivity index (χ1n) is 9.09. The fraction of sp³-hybridized carbons (Fsp3) is 0.474. The SMILES string of the molecule is CNc1nn2c(c1S(=O)(=O)c1cccc(F)c1)N=C(C)CC2(C)CCN(C)C. The summed E-state index contributed by atoms with van der Waals surface area (Å²) in [5.74, 6) is -0.101. The number of rotatable bonds is 6. The van der Waals surface area contributed by atoms with Crippen LogP contribution in [0.4, 0.5) is 16.0 Å². The van der Waals surface area contributed by atoms with Crippen molar-refractivity contribution in [1.82, 2.24) is 14.7 Å². The first kappa shape index (κ1) is 20.5. The molecule has 0 fully saturated rings. The van der Waals surface area contributed by atoms with Gasteiger partial charge in [0.2, 0.25) is 9.84 Å². The van der Waals surface area contributed by atoms with E-state index in [0.29, 0.717) is 12.2 Å². The predicted molar refractivity (Wildman–Crippen MR) is 108 cm³/mol. The maximum absolute atomic E-state index is 13.7. The van der Waals surface area contributed by atoms with Crippen molar-refractivity contribution in [2.24, 2.45) is 4.99 Å². The van der Waals surface area contributed by atoms with Crippen LogP contribution >= 0.6 is 0 Å². The number of nitrogens with zero attached hydrogens (tertiary/aromatic N) is 4. The van der Waals surface area contributed by atoms with Gasteiger partial charge in [0.15, 0.2) is 16.5 Å². The maximum atomic E-state index is 13.7. The lowest BCUT2D eigenvalue weighted by Crippen LogP contribution is -2.38. The summed E-state index contributed by atoms with van der Waals surface area (Å²) >= 11 is 0. The van der Waals surface area contributed by atoms with Crippen LogP contribution in [0.3, 0.4) is 0 Å². The zero-order valence-corrected chi connectivity index (χ0v) is 17.6. The monoisotopic (exact) mass is 407 g/mol. The Morgan fingerprint density at radius 3 is 2.68 bits per heavy atom. The van der Waals surface area contributed by atoms with Crippen LogP contribution in [0, 0.1) is 5.82 Å². The van der Waals surface area contributed by atoms with Gasteiger partial charge in [-0.15, -0.1) is 0 Å². The number of benzene rings is 1. The molecule has 1 unspecified atom stereocenters. The minimum absolute atomic E-state index is 0.0178. The van der Waals surface area contributed by atoms with Gasteiger partial charge in [-0.2, -0.15) is 5.10 Å². The molecule has 1 aliphatic rings. The molecule has 0 saturated carbocycles. The van der Waals surface area contributed by atoms with Crippen LogP contribution in [0.1, 0.15) is 26.7 Å². The summed E-state index contributed by atoms with van der Waals surface area (Å²) in [5.41, 5.74) is 0.430. The molecule has 1 N–H and O–H groups in total. The highest BCUT2D eigenvalue weighted by molar-refractivity contribution is 7.91. The first-order chi connectivity index (χ1) is 13.1. The number of halogens is 1. The number of anilines is 1. The Morgan fingerprint density at radius 1 is 1.36 bits per heavy atom. The molecule has 1 aromatic heterocycles. The lowest BCUT2D eigenvalue weighted by Gasteiger charge is -2.35. The van der Waals surface area contributed by atoms with E-state index in [1.807, 2.05) is 21.0 Å². The van der Waals surface area contributed by atoms with Crippen LogP contribution in [-0.4, -0.2) is 56.5 Å². The number of nitrogens with one attached hydrogen (secondary N) is 1. The number of aliphatic imine (C=N–C) groups is 1. The number of hydrogen-bond acceptors (Lipinski definition) is 6. The van der Waals surface area contributed by atoms with Crippen molar-refractivity contribution in [2.45, 2.75) is 42.0 Å². The quantitative estimate of drug-likeness (QED) is 0.796. The highest BCUT2D eigenvalue weighted by Gasteiger charge is 2.40. The third kappa shape index (κ3) is 3.56. The summed E-state index contributed by atoms with van der Waals surface area (Å²) in [4.78, 5) is 6.49. The van der Waals surface area contributed by atoms with Crippen molar-refractivity contribution in [3.05, 3.63) is 30.1 Å². The normalized spacial score (nSPS) is 19.5. The number of aromatic nitrogens is 2. The molecule has 0 spiro atoms. The number of fused-ring (bicyclic) bond motifs is 1. The zero-order chi connectivity index (χ0) is 20.7. The van der Waals surface area contributed by atoms with Crippen LogP contribution in [0.25, 0.3) is 0 Å². The van der Waals surface area contributed by atoms with Gasteiger partial charge >= 0.3 is 0 Å². The number of sulfone groups is 1. The van der Waals surface area contributed by atoms with Gasteiger partial charge in [-0.05, 0) is 59.1 Å². The molecule has 1 atom stereocenters. The summed E-state index contributed by atoms with van der Waals surface area (Å²) in [6, 6.07) is 5.00. The topological polar surface area (TPSA) is 79.6 Å². The van der Waals surface area contributed by atoms with E-state index in [1.54, 1.807) is 11.7 Å². The number of hydrogen-bond donors (Lipinski definition) is 1. The molecule has 7 nitrogen and oxygen atoms in total. The van der Waals surface area contributed by atoms with Gasteiger partial charge in [0.05, 0.1) is 10.4 Å². The van der Waals surface area contributed by atoms with E-state index in [-0.39, 0.29) is 15.6 Å². The molecule has 9 heteroatoms. The molecule has 0 aliphatic carbocycles. The molecular weight excluding hydrogens is 381 g/mol.